The molecule has 21 heavy (non-hydrogen) atoms. The van der Waals surface area contributed by atoms with E-state index in [1.54, 1.807) is 7.11 Å². The monoisotopic (exact) mass is 293 g/mol. The van der Waals surface area contributed by atoms with Gasteiger partial charge in [0.05, 0.1) is 13.0 Å². The third-order valence-corrected chi connectivity index (χ3v) is 4.86. The molecule has 1 saturated carbocycles. The summed E-state index contributed by atoms with van der Waals surface area (Å²) < 4.78 is 19.8. The summed E-state index contributed by atoms with van der Waals surface area (Å²) >= 11 is 0. The van der Waals surface area contributed by atoms with Gasteiger partial charge in [0.25, 0.3) is 0 Å². The second-order valence-corrected chi connectivity index (χ2v) is 6.05. The quantitative estimate of drug-likeness (QED) is 0.755. The molecule has 0 aliphatic heterocycles. The van der Waals surface area contributed by atoms with Gasteiger partial charge >= 0.3 is 0 Å². The average Bonchev–Trinajstić information content (AvgIpc) is 3.07. The van der Waals surface area contributed by atoms with Crippen LogP contribution in [0.4, 0.5) is 0 Å². The average molecular weight is 293 g/mol. The number of hydrogen-bond acceptors (Lipinski definition) is 3. The number of fused-ring (bicyclic) bond motifs is 1. The van der Waals surface area contributed by atoms with E-state index in [1.807, 2.05) is 13.8 Å². The minimum absolute atomic E-state index is 0.346. The standard InChI is InChI=1S/C17H27NO3/c1-5-20-17(21-6-2)11-14(17)15-12-9-7-8-10-13(12)16(19-4)18(15)3/h14H,5-11H2,1-4H3. The maximum absolute atomic E-state index is 5.96. The molecule has 118 valence electrons. The summed E-state index contributed by atoms with van der Waals surface area (Å²) in [5.41, 5.74) is 4.28. The normalized spacial score (nSPS) is 23.0. The van der Waals surface area contributed by atoms with Crippen molar-refractivity contribution in [3.05, 3.63) is 16.8 Å². The molecule has 2 aliphatic carbocycles. The Morgan fingerprint density at radius 3 is 2.29 bits per heavy atom. The second kappa shape index (κ2) is 5.65. The highest BCUT2D eigenvalue weighted by Crippen LogP contribution is 2.57. The third-order valence-electron chi connectivity index (χ3n) is 4.86. The van der Waals surface area contributed by atoms with Crippen LogP contribution in [0.1, 0.15) is 55.8 Å². The molecule has 0 radical (unpaired) electrons. The minimum atomic E-state index is -0.397. The van der Waals surface area contributed by atoms with Gasteiger partial charge in [-0.3, -0.25) is 0 Å². The second-order valence-electron chi connectivity index (χ2n) is 6.05. The Bertz CT molecular complexity index is 515. The Kier molecular flexibility index (Phi) is 4.02. The lowest BCUT2D eigenvalue weighted by atomic mass is 9.92. The molecule has 0 spiro atoms. The lowest BCUT2D eigenvalue weighted by Crippen LogP contribution is -2.22. The van der Waals surface area contributed by atoms with E-state index in [1.165, 1.54) is 29.7 Å². The topological polar surface area (TPSA) is 32.6 Å². The molecule has 0 aromatic carbocycles. The van der Waals surface area contributed by atoms with Crippen molar-refractivity contribution in [3.63, 3.8) is 0 Å². The molecule has 1 aromatic rings. The van der Waals surface area contributed by atoms with E-state index in [4.69, 9.17) is 14.2 Å². The van der Waals surface area contributed by atoms with Crippen LogP contribution >= 0.6 is 0 Å². The van der Waals surface area contributed by atoms with Gasteiger partial charge in [-0.2, -0.15) is 0 Å². The summed E-state index contributed by atoms with van der Waals surface area (Å²) in [5, 5.41) is 0. The number of methoxy groups -OCH3 is 1. The fourth-order valence-corrected chi connectivity index (χ4v) is 4.02. The van der Waals surface area contributed by atoms with Crippen molar-refractivity contribution in [2.24, 2.45) is 7.05 Å². The number of nitrogens with zero attached hydrogens (tertiary/aromatic N) is 1. The van der Waals surface area contributed by atoms with Gasteiger partial charge in [-0.1, -0.05) is 0 Å². The molecule has 0 bridgehead atoms. The minimum Gasteiger partial charge on any atom is -0.482 e. The molecule has 4 heteroatoms. The molecule has 2 aliphatic rings. The molecular formula is C17H27NO3. The lowest BCUT2D eigenvalue weighted by molar-refractivity contribution is -0.165. The van der Waals surface area contributed by atoms with Crippen LogP contribution in [0, 0.1) is 0 Å². The smallest absolute Gasteiger partial charge is 0.196 e. The maximum atomic E-state index is 5.96. The van der Waals surface area contributed by atoms with Gasteiger partial charge < -0.3 is 18.8 Å². The number of rotatable bonds is 6. The first kappa shape index (κ1) is 14.9. The van der Waals surface area contributed by atoms with Crippen LogP contribution < -0.4 is 4.74 Å². The van der Waals surface area contributed by atoms with Crippen LogP contribution in [0.5, 0.6) is 5.88 Å². The van der Waals surface area contributed by atoms with Gasteiger partial charge in [-0.05, 0) is 45.1 Å². The van der Waals surface area contributed by atoms with Crippen LogP contribution in [0.3, 0.4) is 0 Å². The zero-order chi connectivity index (χ0) is 15.0. The van der Waals surface area contributed by atoms with Gasteiger partial charge in [0, 0.05) is 37.9 Å². The van der Waals surface area contributed by atoms with Gasteiger partial charge in [-0.15, -0.1) is 0 Å². The van der Waals surface area contributed by atoms with E-state index in [0.717, 1.165) is 25.1 Å². The summed E-state index contributed by atoms with van der Waals surface area (Å²) in [7, 11) is 3.90. The molecule has 1 unspecified atom stereocenters. The van der Waals surface area contributed by atoms with E-state index >= 15 is 0 Å². The highest BCUT2D eigenvalue weighted by molar-refractivity contribution is 5.48. The van der Waals surface area contributed by atoms with Crippen molar-refractivity contribution in [2.45, 2.75) is 57.7 Å². The van der Waals surface area contributed by atoms with E-state index in [2.05, 4.69) is 11.6 Å². The van der Waals surface area contributed by atoms with Crippen molar-refractivity contribution in [1.29, 1.82) is 0 Å². The Balaban J connectivity index is 1.98. The van der Waals surface area contributed by atoms with Gasteiger partial charge in [0.1, 0.15) is 0 Å². The predicted molar refractivity (Wildman–Crippen MR) is 81.9 cm³/mol. The molecule has 1 heterocycles. The fraction of sp³-hybridized carbons (Fsp3) is 0.765. The summed E-state index contributed by atoms with van der Waals surface area (Å²) in [6.07, 6.45) is 5.79. The summed E-state index contributed by atoms with van der Waals surface area (Å²) in [6.45, 7) is 5.47. The molecule has 1 aromatic heterocycles. The molecule has 1 fully saturated rings. The van der Waals surface area contributed by atoms with Crippen molar-refractivity contribution in [1.82, 2.24) is 4.57 Å². The van der Waals surface area contributed by atoms with Gasteiger partial charge in [-0.25, -0.2) is 0 Å². The SMILES string of the molecule is CCOC1(OCC)CC1c1c2c(c(OC)n1C)CCCC2. The zero-order valence-electron chi connectivity index (χ0n) is 13.7. The highest BCUT2D eigenvalue weighted by atomic mass is 16.7. The lowest BCUT2D eigenvalue weighted by Gasteiger charge is -2.19. The Morgan fingerprint density at radius 1 is 1.10 bits per heavy atom. The van der Waals surface area contributed by atoms with Crippen molar-refractivity contribution < 1.29 is 14.2 Å². The molecule has 4 nitrogen and oxygen atoms in total. The van der Waals surface area contributed by atoms with E-state index < -0.39 is 5.79 Å². The Morgan fingerprint density at radius 2 is 1.71 bits per heavy atom. The van der Waals surface area contributed by atoms with Crippen LogP contribution in [-0.2, 0) is 29.4 Å². The van der Waals surface area contributed by atoms with Crippen molar-refractivity contribution >= 4 is 0 Å². The highest BCUT2D eigenvalue weighted by Gasteiger charge is 2.60. The largest absolute Gasteiger partial charge is 0.482 e. The summed E-state index contributed by atoms with van der Waals surface area (Å²) in [6, 6.07) is 0. The molecule has 3 rings (SSSR count). The first-order valence-electron chi connectivity index (χ1n) is 8.20. The Labute approximate surface area is 127 Å². The molecule has 0 amide bonds. The fourth-order valence-electron chi connectivity index (χ4n) is 4.02. The van der Waals surface area contributed by atoms with E-state index in [-0.39, 0.29) is 0 Å². The van der Waals surface area contributed by atoms with Gasteiger partial charge in [0.2, 0.25) is 0 Å². The van der Waals surface area contributed by atoms with Crippen LogP contribution in [-0.4, -0.2) is 30.7 Å². The van der Waals surface area contributed by atoms with Crippen molar-refractivity contribution in [3.8, 4) is 5.88 Å². The first-order valence-corrected chi connectivity index (χ1v) is 8.20. The number of ether oxygens (including phenoxy) is 3. The Hall–Kier alpha value is -1.00. The maximum Gasteiger partial charge on any atom is 0.196 e. The van der Waals surface area contributed by atoms with Crippen molar-refractivity contribution in [2.75, 3.05) is 20.3 Å². The predicted octanol–water partition coefficient (Wildman–Crippen LogP) is 3.17. The molecule has 1 atom stereocenters. The summed E-state index contributed by atoms with van der Waals surface area (Å²) in [5.74, 6) is 0.984. The molecule has 0 N–H and O–H groups in total. The van der Waals surface area contributed by atoms with E-state index in [0.29, 0.717) is 19.1 Å². The third kappa shape index (κ3) is 2.29. The number of aromatic nitrogens is 1. The molecule has 0 saturated heterocycles. The van der Waals surface area contributed by atoms with E-state index in [9.17, 15) is 0 Å². The van der Waals surface area contributed by atoms with Crippen LogP contribution in [0.25, 0.3) is 0 Å². The zero-order valence-corrected chi connectivity index (χ0v) is 13.7. The van der Waals surface area contributed by atoms with Crippen LogP contribution in [0.2, 0.25) is 0 Å². The first-order chi connectivity index (χ1) is 10.2. The van der Waals surface area contributed by atoms with Crippen LogP contribution in [0.15, 0.2) is 0 Å². The molecular weight excluding hydrogens is 266 g/mol. The number of hydrogen-bond donors (Lipinski definition) is 0. The summed E-state index contributed by atoms with van der Waals surface area (Å²) in [4.78, 5) is 0. The van der Waals surface area contributed by atoms with Gasteiger partial charge in [0.15, 0.2) is 11.7 Å².